The number of ether oxygens (including phenoxy) is 1. The van der Waals surface area contributed by atoms with Crippen molar-refractivity contribution in [2.24, 2.45) is 5.92 Å². The molecule has 1 aliphatic carbocycles. The summed E-state index contributed by atoms with van der Waals surface area (Å²) in [5.74, 6) is 1.91. The molecule has 1 fully saturated rings. The Morgan fingerprint density at radius 2 is 2.05 bits per heavy atom. The van der Waals surface area contributed by atoms with Gasteiger partial charge in [0.25, 0.3) is 0 Å². The number of benzene rings is 1. The molecular weight excluding hydrogens is 260 g/mol. The van der Waals surface area contributed by atoms with Gasteiger partial charge in [0.2, 0.25) is 0 Å². The van der Waals surface area contributed by atoms with E-state index in [1.807, 2.05) is 0 Å². The maximum absolute atomic E-state index is 5.86. The first-order valence-electron chi connectivity index (χ1n) is 8.54. The van der Waals surface area contributed by atoms with Crippen LogP contribution in [0.25, 0.3) is 0 Å². The zero-order valence-electron chi connectivity index (χ0n) is 13.4. The Labute approximate surface area is 128 Å². The van der Waals surface area contributed by atoms with Crippen LogP contribution in [0.3, 0.4) is 0 Å². The van der Waals surface area contributed by atoms with Crippen LogP contribution in [0.1, 0.15) is 52.4 Å². The minimum atomic E-state index is 0.252. The Balaban J connectivity index is 1.74. The fourth-order valence-corrected chi connectivity index (χ4v) is 3.68. The lowest BCUT2D eigenvalue weighted by molar-refractivity contribution is 0.255. The van der Waals surface area contributed by atoms with Gasteiger partial charge in [0.05, 0.1) is 17.8 Å². The van der Waals surface area contributed by atoms with Gasteiger partial charge in [0.15, 0.2) is 0 Å². The van der Waals surface area contributed by atoms with Crippen molar-refractivity contribution < 1.29 is 4.74 Å². The van der Waals surface area contributed by atoms with Crippen molar-refractivity contribution in [3.05, 3.63) is 18.2 Å². The molecular formula is C18H28N2O. The average molecular weight is 288 g/mol. The van der Waals surface area contributed by atoms with Crippen LogP contribution in [0.5, 0.6) is 5.75 Å². The van der Waals surface area contributed by atoms with Crippen LogP contribution in [-0.2, 0) is 0 Å². The second-order valence-electron chi connectivity index (χ2n) is 6.64. The lowest BCUT2D eigenvalue weighted by atomic mass is 9.74. The third kappa shape index (κ3) is 2.97. The monoisotopic (exact) mass is 288 g/mol. The van der Waals surface area contributed by atoms with Crippen LogP contribution in [-0.4, -0.2) is 18.7 Å². The van der Waals surface area contributed by atoms with E-state index in [1.54, 1.807) is 0 Å². The van der Waals surface area contributed by atoms with Gasteiger partial charge in [-0.25, -0.2) is 0 Å². The van der Waals surface area contributed by atoms with Crippen molar-refractivity contribution in [2.75, 3.05) is 23.8 Å². The number of para-hydroxylation sites is 1. The van der Waals surface area contributed by atoms with Crippen LogP contribution in [0.2, 0.25) is 0 Å². The van der Waals surface area contributed by atoms with Gasteiger partial charge in [-0.2, -0.15) is 0 Å². The first-order chi connectivity index (χ1) is 10.3. The number of nitrogens with one attached hydrogen (secondary N) is 2. The smallest absolute Gasteiger partial charge is 0.144 e. The summed E-state index contributed by atoms with van der Waals surface area (Å²) in [4.78, 5) is 0. The van der Waals surface area contributed by atoms with E-state index in [-0.39, 0.29) is 5.54 Å². The molecule has 1 saturated carbocycles. The van der Waals surface area contributed by atoms with E-state index in [2.05, 4.69) is 42.7 Å². The highest BCUT2D eigenvalue weighted by Gasteiger charge is 2.38. The normalized spacial score (nSPS) is 27.6. The summed E-state index contributed by atoms with van der Waals surface area (Å²) >= 11 is 0. The van der Waals surface area contributed by atoms with Gasteiger partial charge in [-0.1, -0.05) is 26.3 Å². The van der Waals surface area contributed by atoms with Crippen molar-refractivity contribution in [3.8, 4) is 5.75 Å². The third-order valence-electron chi connectivity index (χ3n) is 5.13. The summed E-state index contributed by atoms with van der Waals surface area (Å²) in [7, 11) is 0. The first kappa shape index (κ1) is 14.6. The van der Waals surface area contributed by atoms with Gasteiger partial charge in [-0.15, -0.1) is 0 Å². The summed E-state index contributed by atoms with van der Waals surface area (Å²) in [6.07, 6.45) is 7.63. The maximum atomic E-state index is 5.86. The summed E-state index contributed by atoms with van der Waals surface area (Å²) in [5, 5.41) is 7.48. The second-order valence-corrected chi connectivity index (χ2v) is 6.64. The highest BCUT2D eigenvalue weighted by Crippen LogP contribution is 2.43. The summed E-state index contributed by atoms with van der Waals surface area (Å²) in [6, 6.07) is 6.33. The summed E-state index contributed by atoms with van der Waals surface area (Å²) in [5.41, 5.74) is 2.61. The molecule has 1 spiro atoms. The van der Waals surface area contributed by atoms with E-state index in [4.69, 9.17) is 4.74 Å². The Kier molecular flexibility index (Phi) is 4.27. The molecule has 0 bridgehead atoms. The molecule has 3 heteroatoms. The molecule has 0 amide bonds. The predicted octanol–water partition coefficient (Wildman–Crippen LogP) is 4.65. The van der Waals surface area contributed by atoms with E-state index in [0.29, 0.717) is 0 Å². The molecule has 21 heavy (non-hydrogen) atoms. The van der Waals surface area contributed by atoms with Crippen molar-refractivity contribution in [1.29, 1.82) is 0 Å². The topological polar surface area (TPSA) is 33.3 Å². The minimum absolute atomic E-state index is 0.252. The van der Waals surface area contributed by atoms with Gasteiger partial charge < -0.3 is 15.4 Å². The zero-order chi connectivity index (χ0) is 14.7. The van der Waals surface area contributed by atoms with Gasteiger partial charge in [0, 0.05) is 6.54 Å². The molecule has 0 saturated heterocycles. The van der Waals surface area contributed by atoms with Crippen molar-refractivity contribution in [2.45, 2.75) is 57.9 Å². The van der Waals surface area contributed by atoms with Crippen LogP contribution < -0.4 is 15.4 Å². The lowest BCUT2D eigenvalue weighted by Gasteiger charge is -2.45. The Hall–Kier alpha value is -1.38. The fourth-order valence-electron chi connectivity index (χ4n) is 3.68. The first-order valence-corrected chi connectivity index (χ1v) is 8.54. The molecule has 1 aromatic carbocycles. The molecule has 0 aromatic heterocycles. The Morgan fingerprint density at radius 1 is 1.24 bits per heavy atom. The van der Waals surface area contributed by atoms with Gasteiger partial charge >= 0.3 is 0 Å². The van der Waals surface area contributed by atoms with Crippen molar-refractivity contribution >= 4 is 11.4 Å². The number of hydrogen-bond donors (Lipinski definition) is 2. The minimum Gasteiger partial charge on any atom is -0.491 e. The third-order valence-corrected chi connectivity index (χ3v) is 5.13. The number of fused-ring (bicyclic) bond motifs is 1. The summed E-state index contributed by atoms with van der Waals surface area (Å²) in [6.45, 7) is 6.26. The van der Waals surface area contributed by atoms with Crippen molar-refractivity contribution in [1.82, 2.24) is 0 Å². The number of rotatable bonds is 4. The molecule has 1 aliphatic heterocycles. The molecule has 0 unspecified atom stereocenters. The van der Waals surface area contributed by atoms with E-state index in [1.165, 1.54) is 37.8 Å². The van der Waals surface area contributed by atoms with Crippen LogP contribution in [0, 0.1) is 5.92 Å². The highest BCUT2D eigenvalue weighted by molar-refractivity contribution is 5.78. The largest absolute Gasteiger partial charge is 0.491 e. The van der Waals surface area contributed by atoms with Gasteiger partial charge in [-0.05, 0) is 50.2 Å². The SMILES string of the molecule is CCCOc1cccc2c1NCC1(CCC(CC)CC1)N2. The molecule has 3 nitrogen and oxygen atoms in total. The summed E-state index contributed by atoms with van der Waals surface area (Å²) < 4.78 is 5.86. The molecule has 116 valence electrons. The number of hydrogen-bond acceptors (Lipinski definition) is 3. The van der Waals surface area contributed by atoms with Crippen molar-refractivity contribution in [3.63, 3.8) is 0 Å². The Morgan fingerprint density at radius 3 is 2.76 bits per heavy atom. The maximum Gasteiger partial charge on any atom is 0.144 e. The molecule has 1 heterocycles. The van der Waals surface area contributed by atoms with E-state index in [9.17, 15) is 0 Å². The van der Waals surface area contributed by atoms with E-state index < -0.39 is 0 Å². The molecule has 0 atom stereocenters. The Bertz CT molecular complexity index is 478. The quantitative estimate of drug-likeness (QED) is 0.846. The highest BCUT2D eigenvalue weighted by atomic mass is 16.5. The van der Waals surface area contributed by atoms with E-state index >= 15 is 0 Å². The molecule has 0 radical (unpaired) electrons. The molecule has 2 aliphatic rings. The standard InChI is InChI=1S/C18H28N2O/c1-3-12-21-16-7-5-6-15-17(16)19-13-18(20-15)10-8-14(4-2)9-11-18/h5-7,14,19-20H,3-4,8-13H2,1-2H3. The second kappa shape index (κ2) is 6.17. The van der Waals surface area contributed by atoms with Gasteiger partial charge in [0.1, 0.15) is 11.4 Å². The molecule has 3 rings (SSSR count). The van der Waals surface area contributed by atoms with Crippen LogP contribution >= 0.6 is 0 Å². The van der Waals surface area contributed by atoms with Gasteiger partial charge in [-0.3, -0.25) is 0 Å². The number of anilines is 2. The lowest BCUT2D eigenvalue weighted by Crippen LogP contribution is -2.50. The fraction of sp³-hybridized carbons (Fsp3) is 0.667. The molecule has 1 aromatic rings. The van der Waals surface area contributed by atoms with Crippen LogP contribution in [0.4, 0.5) is 11.4 Å². The average Bonchev–Trinajstić information content (AvgIpc) is 2.53. The zero-order valence-corrected chi connectivity index (χ0v) is 13.4. The van der Waals surface area contributed by atoms with Crippen LogP contribution in [0.15, 0.2) is 18.2 Å². The predicted molar refractivity (Wildman–Crippen MR) is 89.3 cm³/mol. The molecule has 2 N–H and O–H groups in total. The van der Waals surface area contributed by atoms with E-state index in [0.717, 1.165) is 36.9 Å².